The summed E-state index contributed by atoms with van der Waals surface area (Å²) in [7, 11) is 0. The Kier molecular flexibility index (Phi) is 6.40. The first-order valence-electron chi connectivity index (χ1n) is 10.2. The third kappa shape index (κ3) is 4.75. The number of nitriles is 1. The second kappa shape index (κ2) is 9.56. The number of nitrogens with zero attached hydrogens (tertiary/aromatic N) is 4. The molecule has 2 aromatic heterocycles. The number of hydrogen-bond acceptors (Lipinski definition) is 6. The van der Waals surface area contributed by atoms with Gasteiger partial charge in [0.15, 0.2) is 0 Å². The summed E-state index contributed by atoms with van der Waals surface area (Å²) < 4.78 is 29.9. The number of fused-ring (bicyclic) bond motifs is 1. The Balaban J connectivity index is 1.49. The van der Waals surface area contributed by atoms with Crippen LogP contribution in [0.1, 0.15) is 24.0 Å². The number of halogens is 2. The summed E-state index contributed by atoms with van der Waals surface area (Å²) in [5.41, 5.74) is 2.50. The van der Waals surface area contributed by atoms with Crippen LogP contribution in [0.4, 0.5) is 14.5 Å². The number of ether oxygens (including phenoxy) is 1. The van der Waals surface area contributed by atoms with E-state index >= 15 is 0 Å². The first-order valence-corrected chi connectivity index (χ1v) is 10.2. The number of carbonyl (C=O) groups excluding carboxylic acids is 1. The number of hydrogen-bond donors (Lipinski definition) is 1. The average Bonchev–Trinajstić information content (AvgIpc) is 2.82. The Hall–Kier alpha value is -3.80. The lowest BCUT2D eigenvalue weighted by molar-refractivity contribution is -0.125. The molecule has 1 amide bonds. The molecule has 1 fully saturated rings. The van der Waals surface area contributed by atoms with Crippen molar-refractivity contribution in [3.63, 3.8) is 0 Å². The highest BCUT2D eigenvalue weighted by Gasteiger charge is 2.27. The molecule has 7 nitrogen and oxygen atoms in total. The van der Waals surface area contributed by atoms with Crippen LogP contribution in [0, 0.1) is 17.2 Å². The van der Waals surface area contributed by atoms with Crippen molar-refractivity contribution in [3.05, 3.63) is 60.0 Å². The predicted molar refractivity (Wildman–Crippen MR) is 114 cm³/mol. The van der Waals surface area contributed by atoms with Crippen molar-refractivity contribution >= 4 is 22.5 Å². The minimum atomic E-state index is -2.94. The van der Waals surface area contributed by atoms with Gasteiger partial charge in [-0.05, 0) is 42.7 Å². The van der Waals surface area contributed by atoms with Crippen LogP contribution in [-0.2, 0) is 11.3 Å². The van der Waals surface area contributed by atoms with Crippen molar-refractivity contribution in [2.75, 3.05) is 18.0 Å². The van der Waals surface area contributed by atoms with Gasteiger partial charge in [-0.25, -0.2) is 0 Å². The second-order valence-electron chi connectivity index (χ2n) is 7.53. The highest BCUT2D eigenvalue weighted by atomic mass is 19.3. The number of aromatic nitrogens is 2. The quantitative estimate of drug-likeness (QED) is 0.633. The zero-order chi connectivity index (χ0) is 22.5. The molecule has 164 valence electrons. The standard InChI is InChI=1S/C23H21F2N5O2/c24-23(25)32-18-3-4-20-19(10-18)21(17(11-26)14-28-20)30-8-5-16(6-9-30)22(31)29-13-15-2-1-7-27-12-15/h1-4,7,10,12,14,16,23H,5-6,8-9,13H2,(H,29,31). The molecule has 1 aliphatic rings. The third-order valence-electron chi connectivity index (χ3n) is 5.53. The third-order valence-corrected chi connectivity index (χ3v) is 5.53. The first-order chi connectivity index (χ1) is 15.5. The van der Waals surface area contributed by atoms with Gasteiger partial charge in [-0.3, -0.25) is 14.8 Å². The molecule has 3 aromatic rings. The monoisotopic (exact) mass is 437 g/mol. The van der Waals surface area contributed by atoms with E-state index in [4.69, 9.17) is 0 Å². The highest BCUT2D eigenvalue weighted by molar-refractivity contribution is 5.95. The summed E-state index contributed by atoms with van der Waals surface area (Å²) in [5, 5.41) is 13.1. The fourth-order valence-electron chi connectivity index (χ4n) is 3.96. The van der Waals surface area contributed by atoms with Gasteiger partial charge in [0.2, 0.25) is 5.91 Å². The molecule has 0 atom stereocenters. The van der Waals surface area contributed by atoms with Gasteiger partial charge in [0, 0.05) is 49.5 Å². The van der Waals surface area contributed by atoms with Crippen LogP contribution in [-0.4, -0.2) is 35.6 Å². The van der Waals surface area contributed by atoms with E-state index in [1.165, 1.54) is 18.3 Å². The predicted octanol–water partition coefficient (Wildman–Crippen LogP) is 3.64. The van der Waals surface area contributed by atoms with Gasteiger partial charge in [0.1, 0.15) is 11.8 Å². The van der Waals surface area contributed by atoms with Crippen LogP contribution >= 0.6 is 0 Å². The number of carbonyl (C=O) groups is 1. The largest absolute Gasteiger partial charge is 0.435 e. The molecular formula is C23H21F2N5O2. The molecule has 1 aliphatic heterocycles. The number of benzene rings is 1. The van der Waals surface area contributed by atoms with Gasteiger partial charge in [0.25, 0.3) is 0 Å². The van der Waals surface area contributed by atoms with Crippen LogP contribution in [0.25, 0.3) is 10.9 Å². The fraction of sp³-hybridized carbons (Fsp3) is 0.304. The topological polar surface area (TPSA) is 91.1 Å². The van der Waals surface area contributed by atoms with Gasteiger partial charge in [0.05, 0.1) is 16.8 Å². The van der Waals surface area contributed by atoms with E-state index in [-0.39, 0.29) is 17.6 Å². The Morgan fingerprint density at radius 3 is 2.78 bits per heavy atom. The molecular weight excluding hydrogens is 416 g/mol. The molecule has 3 heterocycles. The molecule has 0 unspecified atom stereocenters. The van der Waals surface area contributed by atoms with Gasteiger partial charge >= 0.3 is 6.61 Å². The number of rotatable bonds is 6. The average molecular weight is 437 g/mol. The van der Waals surface area contributed by atoms with Crippen LogP contribution in [0.15, 0.2) is 48.9 Å². The van der Waals surface area contributed by atoms with Crippen LogP contribution in [0.3, 0.4) is 0 Å². The minimum absolute atomic E-state index is 0.00954. The van der Waals surface area contributed by atoms with E-state index < -0.39 is 6.61 Å². The molecule has 1 N–H and O–H groups in total. The maximum atomic E-state index is 12.7. The van der Waals surface area contributed by atoms with Gasteiger partial charge in [-0.1, -0.05) is 6.07 Å². The number of alkyl halides is 2. The van der Waals surface area contributed by atoms with Gasteiger partial charge in [-0.15, -0.1) is 0 Å². The molecule has 1 aromatic carbocycles. The maximum absolute atomic E-state index is 12.7. The number of pyridine rings is 2. The van der Waals surface area contributed by atoms with Crippen molar-refractivity contribution in [3.8, 4) is 11.8 Å². The SMILES string of the molecule is N#Cc1cnc2ccc(OC(F)F)cc2c1N1CCC(C(=O)NCc2cccnc2)CC1. The van der Waals surface area contributed by atoms with Crippen molar-refractivity contribution in [1.82, 2.24) is 15.3 Å². The summed E-state index contributed by atoms with van der Waals surface area (Å²) >= 11 is 0. The zero-order valence-corrected chi connectivity index (χ0v) is 17.2. The highest BCUT2D eigenvalue weighted by Crippen LogP contribution is 2.34. The number of amides is 1. The van der Waals surface area contributed by atoms with Gasteiger partial charge in [-0.2, -0.15) is 14.0 Å². The summed E-state index contributed by atoms with van der Waals surface area (Å²) in [5.74, 6) is -0.143. The van der Waals surface area contributed by atoms with Gasteiger partial charge < -0.3 is 15.0 Å². The van der Waals surface area contributed by atoms with Crippen molar-refractivity contribution in [2.24, 2.45) is 5.92 Å². The maximum Gasteiger partial charge on any atom is 0.387 e. The summed E-state index contributed by atoms with van der Waals surface area (Å²) in [6.07, 6.45) is 6.11. The Morgan fingerprint density at radius 1 is 1.28 bits per heavy atom. The molecule has 9 heteroatoms. The van der Waals surface area contributed by atoms with E-state index in [2.05, 4.69) is 26.1 Å². The fourth-order valence-corrected chi connectivity index (χ4v) is 3.96. The normalized spacial score (nSPS) is 14.4. The second-order valence-corrected chi connectivity index (χ2v) is 7.53. The number of piperidine rings is 1. The number of anilines is 1. The Morgan fingerprint density at radius 2 is 2.09 bits per heavy atom. The lowest BCUT2D eigenvalue weighted by Crippen LogP contribution is -2.40. The smallest absolute Gasteiger partial charge is 0.387 e. The first kappa shape index (κ1) is 21.4. The molecule has 0 saturated carbocycles. The minimum Gasteiger partial charge on any atom is -0.435 e. The van der Waals surface area contributed by atoms with Crippen LogP contribution < -0.4 is 15.0 Å². The van der Waals surface area contributed by atoms with E-state index in [1.54, 1.807) is 18.5 Å². The number of nitrogens with one attached hydrogen (secondary N) is 1. The van der Waals surface area contributed by atoms with Crippen LogP contribution in [0.2, 0.25) is 0 Å². The summed E-state index contributed by atoms with van der Waals surface area (Å²) in [4.78, 5) is 22.9. The molecule has 4 rings (SSSR count). The molecule has 0 aliphatic carbocycles. The van der Waals surface area contributed by atoms with Crippen molar-refractivity contribution < 1.29 is 18.3 Å². The molecule has 1 saturated heterocycles. The van der Waals surface area contributed by atoms with Crippen LogP contribution in [0.5, 0.6) is 5.75 Å². The molecule has 32 heavy (non-hydrogen) atoms. The Bertz CT molecular complexity index is 1140. The van der Waals surface area contributed by atoms with E-state index in [0.717, 1.165) is 5.56 Å². The van der Waals surface area contributed by atoms with E-state index in [1.807, 2.05) is 17.0 Å². The summed E-state index contributed by atoms with van der Waals surface area (Å²) in [6.45, 7) is -1.41. The van der Waals surface area contributed by atoms with E-state index in [9.17, 15) is 18.8 Å². The van der Waals surface area contributed by atoms with E-state index in [0.29, 0.717) is 54.6 Å². The molecule has 0 radical (unpaired) electrons. The molecule has 0 spiro atoms. The van der Waals surface area contributed by atoms with Crippen molar-refractivity contribution in [1.29, 1.82) is 5.26 Å². The lowest BCUT2D eigenvalue weighted by atomic mass is 9.94. The zero-order valence-electron chi connectivity index (χ0n) is 17.2. The Labute approximate surface area is 183 Å². The van der Waals surface area contributed by atoms with Crippen molar-refractivity contribution in [2.45, 2.75) is 26.0 Å². The molecule has 0 bridgehead atoms. The lowest BCUT2D eigenvalue weighted by Gasteiger charge is -2.34. The summed E-state index contributed by atoms with van der Waals surface area (Å²) in [6, 6.07) is 10.4.